The normalized spacial score (nSPS) is 16.5. The number of nitrogens with one attached hydrogen (secondary N) is 2. The minimum Gasteiger partial charge on any atom is -0.382 e. The number of ether oxygens (including phenoxy) is 2. The first-order chi connectivity index (χ1) is 11.8. The maximum absolute atomic E-state index is 5.60. The Morgan fingerprint density at radius 2 is 1.76 bits per heavy atom. The second-order valence-corrected chi connectivity index (χ2v) is 6.74. The molecule has 0 aromatic rings. The molecule has 0 heterocycles. The Kier molecular flexibility index (Phi) is 16.1. The highest BCUT2D eigenvalue weighted by Crippen LogP contribution is 2.41. The number of rotatable bonds is 13. The molecule has 1 saturated carbocycles. The molecule has 0 amide bonds. The lowest BCUT2D eigenvalue weighted by atomic mass is 9.83. The molecule has 0 aromatic heterocycles. The van der Waals surface area contributed by atoms with E-state index in [0.717, 1.165) is 64.9 Å². The summed E-state index contributed by atoms with van der Waals surface area (Å²) in [4.78, 5) is 4.86. The van der Waals surface area contributed by atoms with Crippen molar-refractivity contribution in [3.05, 3.63) is 0 Å². The van der Waals surface area contributed by atoms with Crippen LogP contribution in [-0.2, 0) is 9.47 Å². The van der Waals surface area contributed by atoms with E-state index < -0.39 is 0 Å². The molecular weight excluding hydrogens is 429 g/mol. The molecule has 6 heteroatoms. The zero-order chi connectivity index (χ0) is 17.5. The van der Waals surface area contributed by atoms with Crippen LogP contribution < -0.4 is 10.6 Å². The van der Waals surface area contributed by atoms with Crippen LogP contribution in [0.1, 0.15) is 65.7 Å². The first-order valence-electron chi connectivity index (χ1n) is 9.94. The molecule has 1 aliphatic carbocycles. The molecule has 0 spiro atoms. The first-order valence-corrected chi connectivity index (χ1v) is 9.94. The average Bonchev–Trinajstić information content (AvgIpc) is 3.05. The topological polar surface area (TPSA) is 54.9 Å². The van der Waals surface area contributed by atoms with Gasteiger partial charge in [0.15, 0.2) is 5.96 Å². The Morgan fingerprint density at radius 3 is 2.40 bits per heavy atom. The van der Waals surface area contributed by atoms with Gasteiger partial charge in [-0.1, -0.05) is 26.2 Å². The Hall–Kier alpha value is -0.0800. The number of hydrogen-bond acceptors (Lipinski definition) is 3. The van der Waals surface area contributed by atoms with Crippen LogP contribution in [0.3, 0.4) is 0 Å². The van der Waals surface area contributed by atoms with E-state index in [1.165, 1.54) is 32.1 Å². The fourth-order valence-corrected chi connectivity index (χ4v) is 3.22. The lowest BCUT2D eigenvalue weighted by Crippen LogP contribution is -2.40. The highest BCUT2D eigenvalue weighted by Gasteiger charge is 2.33. The molecule has 1 aliphatic rings. The van der Waals surface area contributed by atoms with Crippen LogP contribution in [0.2, 0.25) is 0 Å². The summed E-state index contributed by atoms with van der Waals surface area (Å²) in [5.41, 5.74) is 0.342. The van der Waals surface area contributed by atoms with Gasteiger partial charge in [-0.15, -0.1) is 24.0 Å². The van der Waals surface area contributed by atoms with Gasteiger partial charge in [0.25, 0.3) is 0 Å². The molecule has 2 N–H and O–H groups in total. The molecule has 0 aromatic carbocycles. The smallest absolute Gasteiger partial charge is 0.191 e. The van der Waals surface area contributed by atoms with E-state index in [1.807, 2.05) is 0 Å². The first kappa shape index (κ1) is 24.9. The SMILES string of the molecule is CCCCOCCNC(=NCC1(CCOCC)CCCC1)NCC.I. The summed E-state index contributed by atoms with van der Waals surface area (Å²) in [5, 5.41) is 6.73. The number of hydrogen-bond donors (Lipinski definition) is 2. The molecule has 5 nitrogen and oxygen atoms in total. The molecule has 0 radical (unpaired) electrons. The van der Waals surface area contributed by atoms with Gasteiger partial charge >= 0.3 is 0 Å². The van der Waals surface area contributed by atoms with Crippen LogP contribution in [0, 0.1) is 5.41 Å². The van der Waals surface area contributed by atoms with Gasteiger partial charge in [-0.3, -0.25) is 4.99 Å². The van der Waals surface area contributed by atoms with Gasteiger partial charge in [0.1, 0.15) is 0 Å². The molecule has 0 unspecified atom stereocenters. The van der Waals surface area contributed by atoms with Crippen LogP contribution in [0.5, 0.6) is 0 Å². The van der Waals surface area contributed by atoms with E-state index in [1.54, 1.807) is 0 Å². The highest BCUT2D eigenvalue weighted by atomic mass is 127. The van der Waals surface area contributed by atoms with Crippen LogP contribution in [-0.4, -0.2) is 52.0 Å². The van der Waals surface area contributed by atoms with Gasteiger partial charge < -0.3 is 20.1 Å². The second kappa shape index (κ2) is 16.1. The molecule has 0 aliphatic heterocycles. The largest absolute Gasteiger partial charge is 0.382 e. The Bertz CT molecular complexity index is 335. The average molecular weight is 469 g/mol. The van der Waals surface area contributed by atoms with Gasteiger partial charge in [-0.05, 0) is 44.9 Å². The number of halogens is 1. The van der Waals surface area contributed by atoms with Crippen molar-refractivity contribution in [1.29, 1.82) is 0 Å². The quantitative estimate of drug-likeness (QED) is 0.186. The van der Waals surface area contributed by atoms with Crippen molar-refractivity contribution >= 4 is 29.9 Å². The van der Waals surface area contributed by atoms with E-state index in [9.17, 15) is 0 Å². The molecule has 1 fully saturated rings. The van der Waals surface area contributed by atoms with Crippen LogP contribution in [0.4, 0.5) is 0 Å². The van der Waals surface area contributed by atoms with E-state index >= 15 is 0 Å². The van der Waals surface area contributed by atoms with Gasteiger partial charge in [0.05, 0.1) is 6.61 Å². The molecule has 1 rings (SSSR count). The van der Waals surface area contributed by atoms with Gasteiger partial charge in [0.2, 0.25) is 0 Å². The minimum atomic E-state index is 0. The monoisotopic (exact) mass is 469 g/mol. The Labute approximate surface area is 172 Å². The number of nitrogens with zero attached hydrogens (tertiary/aromatic N) is 1. The number of guanidine groups is 1. The lowest BCUT2D eigenvalue weighted by Gasteiger charge is -2.27. The van der Waals surface area contributed by atoms with Crippen molar-refractivity contribution in [3.8, 4) is 0 Å². The molecule has 0 atom stereocenters. The fraction of sp³-hybridized carbons (Fsp3) is 0.947. The van der Waals surface area contributed by atoms with Crippen molar-refractivity contribution in [2.45, 2.75) is 65.7 Å². The van der Waals surface area contributed by atoms with Gasteiger partial charge in [-0.2, -0.15) is 0 Å². The lowest BCUT2D eigenvalue weighted by molar-refractivity contribution is 0.107. The van der Waals surface area contributed by atoms with Crippen LogP contribution in [0.25, 0.3) is 0 Å². The predicted molar refractivity (Wildman–Crippen MR) is 117 cm³/mol. The molecule has 150 valence electrons. The molecular formula is C19H40IN3O2. The summed E-state index contributed by atoms with van der Waals surface area (Å²) in [6.07, 6.45) is 8.67. The Balaban J connectivity index is 0.00000576. The Morgan fingerprint density at radius 1 is 1.00 bits per heavy atom. The zero-order valence-electron chi connectivity index (χ0n) is 16.6. The molecule has 0 bridgehead atoms. The standard InChI is InChI=1S/C19H39N3O2.HI/c1-4-7-14-24-16-13-21-18(20-5-2)22-17-19(10-8-9-11-19)12-15-23-6-3;/h4-17H2,1-3H3,(H2,20,21,22);1H. The zero-order valence-corrected chi connectivity index (χ0v) is 18.9. The summed E-state index contributed by atoms with van der Waals surface area (Å²) in [6.45, 7) is 12.2. The summed E-state index contributed by atoms with van der Waals surface area (Å²) < 4.78 is 11.2. The van der Waals surface area contributed by atoms with Gasteiger partial charge in [-0.25, -0.2) is 0 Å². The summed E-state index contributed by atoms with van der Waals surface area (Å²) in [5.74, 6) is 0.916. The van der Waals surface area contributed by atoms with Crippen molar-refractivity contribution in [2.24, 2.45) is 10.4 Å². The third-order valence-corrected chi connectivity index (χ3v) is 4.74. The fourth-order valence-electron chi connectivity index (χ4n) is 3.22. The van der Waals surface area contributed by atoms with Crippen molar-refractivity contribution < 1.29 is 9.47 Å². The maximum Gasteiger partial charge on any atom is 0.191 e. The molecule has 25 heavy (non-hydrogen) atoms. The van der Waals surface area contributed by atoms with Gasteiger partial charge in [0, 0.05) is 39.5 Å². The highest BCUT2D eigenvalue weighted by molar-refractivity contribution is 14.0. The molecule has 0 saturated heterocycles. The third-order valence-electron chi connectivity index (χ3n) is 4.74. The van der Waals surface area contributed by atoms with E-state index in [-0.39, 0.29) is 24.0 Å². The van der Waals surface area contributed by atoms with Crippen LogP contribution in [0.15, 0.2) is 4.99 Å². The summed E-state index contributed by atoms with van der Waals surface area (Å²) in [6, 6.07) is 0. The van der Waals surface area contributed by atoms with Crippen molar-refractivity contribution in [2.75, 3.05) is 46.1 Å². The number of unbranched alkanes of at least 4 members (excludes halogenated alkanes) is 1. The second-order valence-electron chi connectivity index (χ2n) is 6.74. The van der Waals surface area contributed by atoms with E-state index in [4.69, 9.17) is 14.5 Å². The van der Waals surface area contributed by atoms with E-state index in [0.29, 0.717) is 5.41 Å². The maximum atomic E-state index is 5.60. The van der Waals surface area contributed by atoms with Crippen molar-refractivity contribution in [3.63, 3.8) is 0 Å². The van der Waals surface area contributed by atoms with Crippen molar-refractivity contribution in [1.82, 2.24) is 10.6 Å². The van der Waals surface area contributed by atoms with Crippen LogP contribution >= 0.6 is 24.0 Å². The minimum absolute atomic E-state index is 0. The summed E-state index contributed by atoms with van der Waals surface area (Å²) in [7, 11) is 0. The predicted octanol–water partition coefficient (Wildman–Crippen LogP) is 3.96. The summed E-state index contributed by atoms with van der Waals surface area (Å²) >= 11 is 0. The third kappa shape index (κ3) is 11.3. The van der Waals surface area contributed by atoms with E-state index in [2.05, 4.69) is 31.4 Å². The number of aliphatic imine (C=N–C) groups is 1.